The van der Waals surface area contributed by atoms with Gasteiger partial charge in [0.05, 0.1) is 29.2 Å². The van der Waals surface area contributed by atoms with Crippen molar-refractivity contribution in [3.8, 4) is 5.75 Å². The maximum absolute atomic E-state index is 13.7. The zero-order valence-electron chi connectivity index (χ0n) is 33.7. The van der Waals surface area contributed by atoms with E-state index in [4.69, 9.17) is 9.47 Å². The van der Waals surface area contributed by atoms with Crippen LogP contribution >= 0.6 is 0 Å². The Morgan fingerprint density at radius 3 is 2.19 bits per heavy atom. The van der Waals surface area contributed by atoms with Crippen LogP contribution < -0.4 is 10.1 Å². The van der Waals surface area contributed by atoms with Crippen molar-refractivity contribution >= 4 is 34.4 Å². The van der Waals surface area contributed by atoms with Gasteiger partial charge in [-0.25, -0.2) is 14.8 Å². The largest absolute Gasteiger partial charge is 0.496 e. The second kappa shape index (κ2) is 17.0. The lowest BCUT2D eigenvalue weighted by Crippen LogP contribution is -2.52. The number of nitrogens with zero attached hydrogens (tertiary/aromatic N) is 6. The van der Waals surface area contributed by atoms with E-state index >= 15 is 0 Å². The maximum Gasteiger partial charge on any atom is 0.416 e. The van der Waals surface area contributed by atoms with Gasteiger partial charge in [-0.15, -0.1) is 0 Å². The zero-order valence-corrected chi connectivity index (χ0v) is 33.7. The number of nitro benzene ring substituents is 1. The molecule has 1 aliphatic carbocycles. The van der Waals surface area contributed by atoms with E-state index in [1.165, 1.54) is 0 Å². The molecule has 3 aliphatic rings. The molecule has 2 aromatic carbocycles. The second-order valence-corrected chi connectivity index (χ2v) is 16.8. The third-order valence-electron chi connectivity index (χ3n) is 11.5. The van der Waals surface area contributed by atoms with Gasteiger partial charge in [-0.3, -0.25) is 19.8 Å². The number of anilines is 1. The molecular formula is C41H54F3N7O6. The summed E-state index contributed by atoms with van der Waals surface area (Å²) in [6.07, 6.45) is -0.0779. The molecule has 0 unspecified atom stereocenters. The molecule has 1 atom stereocenters. The average Bonchev–Trinajstić information content (AvgIpc) is 3.16. The van der Waals surface area contributed by atoms with E-state index < -0.39 is 34.0 Å². The Morgan fingerprint density at radius 2 is 1.60 bits per heavy atom. The van der Waals surface area contributed by atoms with E-state index in [9.17, 15) is 32.9 Å². The fourth-order valence-corrected chi connectivity index (χ4v) is 8.39. The van der Waals surface area contributed by atoms with Crippen LogP contribution in [-0.2, 0) is 15.7 Å². The monoisotopic (exact) mass is 797 g/mol. The topological polar surface area (TPSA) is 143 Å². The summed E-state index contributed by atoms with van der Waals surface area (Å²) >= 11 is 0. The number of hydrogen-bond donors (Lipinski definition) is 1. The van der Waals surface area contributed by atoms with Gasteiger partial charge in [0.1, 0.15) is 23.0 Å². The van der Waals surface area contributed by atoms with Crippen molar-refractivity contribution in [3.63, 3.8) is 0 Å². The summed E-state index contributed by atoms with van der Waals surface area (Å²) in [5, 5.41) is 15.3. The van der Waals surface area contributed by atoms with Gasteiger partial charge in [0.15, 0.2) is 0 Å². The molecule has 0 spiro atoms. The zero-order chi connectivity index (χ0) is 41.2. The molecule has 6 rings (SSSR count). The molecular weight excluding hydrogens is 743 g/mol. The smallest absolute Gasteiger partial charge is 0.416 e. The van der Waals surface area contributed by atoms with Crippen molar-refractivity contribution in [2.45, 2.75) is 96.9 Å². The lowest BCUT2D eigenvalue weighted by atomic mass is 9.77. The first-order chi connectivity index (χ1) is 26.9. The van der Waals surface area contributed by atoms with E-state index in [0.717, 1.165) is 75.9 Å². The lowest BCUT2D eigenvalue weighted by Gasteiger charge is -2.40. The number of halogens is 3. The van der Waals surface area contributed by atoms with Crippen molar-refractivity contribution in [1.82, 2.24) is 24.7 Å². The SMILES string of the molecule is COc1cc2nc(C)nc(N[C@H](C)c3cc([N+](=O)[O-])cc(C(F)(F)F)c3)c2cc1C1CCC(C(=O)N2CCN(CC3CCN(C(=O)OC(C)(C)C)CC3)CC2)CC1. The summed E-state index contributed by atoms with van der Waals surface area (Å²) in [5.41, 5.74) is -0.628. The molecule has 1 aromatic heterocycles. The summed E-state index contributed by atoms with van der Waals surface area (Å²) in [4.78, 5) is 52.3. The number of nitrogens with one attached hydrogen (secondary N) is 1. The normalized spacial score (nSPS) is 20.6. The van der Waals surface area contributed by atoms with Crippen LogP contribution in [0.2, 0.25) is 0 Å². The quantitative estimate of drug-likeness (QED) is 0.167. The fourth-order valence-electron chi connectivity index (χ4n) is 8.39. The molecule has 0 radical (unpaired) electrons. The Bertz CT molecular complexity index is 1950. The second-order valence-electron chi connectivity index (χ2n) is 16.8. The summed E-state index contributed by atoms with van der Waals surface area (Å²) in [6, 6.07) is 5.62. The first-order valence-corrected chi connectivity index (χ1v) is 19.9. The first-order valence-electron chi connectivity index (χ1n) is 19.9. The number of nitro groups is 1. The van der Waals surface area contributed by atoms with Gasteiger partial charge in [-0.1, -0.05) is 0 Å². The third kappa shape index (κ3) is 10.2. The molecule has 2 amide bonds. The Labute approximate surface area is 331 Å². The van der Waals surface area contributed by atoms with Crippen LogP contribution in [0.4, 0.5) is 29.5 Å². The van der Waals surface area contributed by atoms with Gasteiger partial charge in [0.2, 0.25) is 5.91 Å². The number of benzene rings is 2. The van der Waals surface area contributed by atoms with Gasteiger partial charge in [-0.05, 0) is 108 Å². The average molecular weight is 798 g/mol. The number of non-ortho nitro benzene ring substituents is 1. The number of likely N-dealkylation sites (tertiary alicyclic amines) is 1. The standard InChI is InChI=1S/C41H54F3N7O6/c1-25(30-19-31(41(42,43)44)21-32(20-30)51(54)55)45-37-34-22-33(36(56-6)23-35(34)46-26(2)47-37)28-7-9-29(10-8-28)38(52)49-17-15-48(16-18-49)24-27-11-13-50(14-12-27)39(53)57-40(3,4)5/h19-23,25,27-29H,7-18,24H2,1-6H3,(H,45,46,47)/t25-,28?,29?/m1/s1. The van der Waals surface area contributed by atoms with Crippen molar-refractivity contribution in [3.05, 3.63) is 63.0 Å². The van der Waals surface area contributed by atoms with Crippen molar-refractivity contribution in [1.29, 1.82) is 0 Å². The molecule has 16 heteroatoms. The van der Waals surface area contributed by atoms with Gasteiger partial charge in [0.25, 0.3) is 5.69 Å². The summed E-state index contributed by atoms with van der Waals surface area (Å²) < 4.78 is 52.3. The number of alkyl halides is 3. The molecule has 1 N–H and O–H groups in total. The molecule has 3 aromatic rings. The van der Waals surface area contributed by atoms with Crippen molar-refractivity contribution in [2.24, 2.45) is 11.8 Å². The number of carbonyl (C=O) groups is 2. The van der Waals surface area contributed by atoms with E-state index in [2.05, 4.69) is 20.2 Å². The summed E-state index contributed by atoms with van der Waals surface area (Å²) in [5.74, 6) is 2.25. The summed E-state index contributed by atoms with van der Waals surface area (Å²) in [7, 11) is 1.60. The van der Waals surface area contributed by atoms with E-state index in [1.54, 1.807) is 25.9 Å². The molecule has 57 heavy (non-hydrogen) atoms. The molecule has 3 heterocycles. The highest BCUT2D eigenvalue weighted by Crippen LogP contribution is 2.43. The number of carbonyl (C=O) groups excluding carboxylic acids is 2. The first kappa shape index (κ1) is 41.9. The van der Waals surface area contributed by atoms with E-state index in [1.807, 2.05) is 37.8 Å². The maximum atomic E-state index is 13.7. The highest BCUT2D eigenvalue weighted by atomic mass is 19.4. The molecule has 13 nitrogen and oxygen atoms in total. The molecule has 1 saturated carbocycles. The third-order valence-corrected chi connectivity index (χ3v) is 11.5. The van der Waals surface area contributed by atoms with Crippen molar-refractivity contribution in [2.75, 3.05) is 58.2 Å². The van der Waals surface area contributed by atoms with E-state index in [0.29, 0.717) is 66.5 Å². The number of aromatic nitrogens is 2. The van der Waals surface area contributed by atoms with Crippen LogP contribution in [0.25, 0.3) is 10.9 Å². The molecule has 3 fully saturated rings. The highest BCUT2D eigenvalue weighted by molar-refractivity contribution is 5.91. The van der Waals surface area contributed by atoms with Gasteiger partial charge < -0.3 is 24.6 Å². The predicted molar refractivity (Wildman–Crippen MR) is 209 cm³/mol. The number of hydrogen-bond acceptors (Lipinski definition) is 10. The molecule has 310 valence electrons. The molecule has 2 aliphatic heterocycles. The highest BCUT2D eigenvalue weighted by Gasteiger charge is 2.35. The number of aryl methyl sites for hydroxylation is 1. The van der Waals surface area contributed by atoms with Crippen LogP contribution in [0.3, 0.4) is 0 Å². The summed E-state index contributed by atoms with van der Waals surface area (Å²) in [6.45, 7) is 14.4. The van der Waals surface area contributed by atoms with Crippen LogP contribution in [0.5, 0.6) is 5.75 Å². The number of amides is 2. The van der Waals surface area contributed by atoms with Crippen LogP contribution in [-0.4, -0.2) is 100 Å². The Hall–Kier alpha value is -4.73. The number of piperazine rings is 1. The lowest BCUT2D eigenvalue weighted by molar-refractivity contribution is -0.385. The Kier molecular flexibility index (Phi) is 12.5. The van der Waals surface area contributed by atoms with E-state index in [-0.39, 0.29) is 29.4 Å². The minimum absolute atomic E-state index is 0.0583. The van der Waals surface area contributed by atoms with Crippen molar-refractivity contribution < 1.29 is 37.2 Å². The van der Waals surface area contributed by atoms with Gasteiger partial charge >= 0.3 is 12.3 Å². The fraction of sp³-hybridized carbons (Fsp3) is 0.610. The minimum atomic E-state index is -4.76. The number of methoxy groups -OCH3 is 1. The predicted octanol–water partition coefficient (Wildman–Crippen LogP) is 8.11. The molecule has 0 bridgehead atoms. The Morgan fingerprint density at radius 1 is 0.930 bits per heavy atom. The van der Waals surface area contributed by atoms with Crippen LogP contribution in [0.1, 0.15) is 101 Å². The number of rotatable bonds is 9. The Balaban J connectivity index is 1.06. The van der Waals surface area contributed by atoms with Gasteiger partial charge in [0, 0.05) is 75.3 Å². The number of fused-ring (bicyclic) bond motifs is 1. The van der Waals surface area contributed by atoms with Crippen LogP contribution in [0, 0.1) is 28.9 Å². The molecule has 2 saturated heterocycles. The number of ether oxygens (including phenoxy) is 2. The number of piperidine rings is 1. The van der Waals surface area contributed by atoms with Gasteiger partial charge in [-0.2, -0.15) is 13.2 Å². The van der Waals surface area contributed by atoms with Crippen LogP contribution in [0.15, 0.2) is 30.3 Å². The minimum Gasteiger partial charge on any atom is -0.496 e.